The molecule has 218 valence electrons. The van der Waals surface area contributed by atoms with E-state index in [1.807, 2.05) is 36.4 Å². The van der Waals surface area contributed by atoms with Crippen LogP contribution in [0.1, 0.15) is 31.2 Å². The van der Waals surface area contributed by atoms with Gasteiger partial charge in [-0.15, -0.1) is 0 Å². The predicted octanol–water partition coefficient (Wildman–Crippen LogP) is 4.51. The smallest absolute Gasteiger partial charge is 0.414 e. The van der Waals surface area contributed by atoms with E-state index in [2.05, 4.69) is 20.1 Å². The summed E-state index contributed by atoms with van der Waals surface area (Å²) >= 11 is 0. The lowest BCUT2D eigenvalue weighted by Crippen LogP contribution is -2.47. The van der Waals surface area contributed by atoms with Gasteiger partial charge in [-0.25, -0.2) is 4.79 Å². The molecule has 1 amide bonds. The highest BCUT2D eigenvalue weighted by atomic mass is 16.6. The molecule has 0 unspecified atom stereocenters. The van der Waals surface area contributed by atoms with Crippen LogP contribution in [0.15, 0.2) is 53.1 Å². The summed E-state index contributed by atoms with van der Waals surface area (Å²) in [4.78, 5) is 20.8. The number of methoxy groups -OCH3 is 1. The minimum Gasteiger partial charge on any atom is -0.497 e. The fourth-order valence-corrected chi connectivity index (χ4v) is 5.76. The molecule has 2 aliphatic rings. The number of aromatic nitrogens is 1. The van der Waals surface area contributed by atoms with Crippen LogP contribution in [0, 0.1) is 0 Å². The van der Waals surface area contributed by atoms with Gasteiger partial charge in [0.15, 0.2) is 0 Å². The van der Waals surface area contributed by atoms with Crippen LogP contribution < -0.4 is 19.5 Å². The number of hydrogen-bond donors (Lipinski definition) is 3. The number of piperidine rings is 2. The van der Waals surface area contributed by atoms with Crippen molar-refractivity contribution in [3.63, 3.8) is 0 Å². The number of rotatable bonds is 9. The SMILES string of the molecule is COc1ccc2c(COc3cccc4[nH]c(OC(=O)NC5CCN(CCN6CCC(O)CC6)CC5)cc34)coc2c1. The van der Waals surface area contributed by atoms with Crippen LogP contribution in [0.2, 0.25) is 0 Å². The molecule has 2 aromatic heterocycles. The molecule has 0 radical (unpaired) electrons. The number of nitrogens with one attached hydrogen (secondary N) is 2. The maximum atomic E-state index is 12.7. The Morgan fingerprint density at radius 3 is 2.54 bits per heavy atom. The van der Waals surface area contributed by atoms with E-state index in [4.69, 9.17) is 18.6 Å². The van der Waals surface area contributed by atoms with Gasteiger partial charge < -0.3 is 43.8 Å². The van der Waals surface area contributed by atoms with Gasteiger partial charge in [0.05, 0.1) is 25.0 Å². The zero-order chi connectivity index (χ0) is 28.2. The summed E-state index contributed by atoms with van der Waals surface area (Å²) < 4.78 is 22.7. The molecule has 0 atom stereocenters. The third kappa shape index (κ3) is 6.61. The number of nitrogens with zero attached hydrogens (tertiary/aromatic N) is 2. The first-order valence-corrected chi connectivity index (χ1v) is 14.4. The zero-order valence-corrected chi connectivity index (χ0v) is 23.4. The zero-order valence-electron chi connectivity index (χ0n) is 23.4. The lowest BCUT2D eigenvalue weighted by Gasteiger charge is -2.35. The van der Waals surface area contributed by atoms with Crippen LogP contribution in [0.4, 0.5) is 4.79 Å². The number of likely N-dealkylation sites (tertiary alicyclic amines) is 2. The molecule has 2 fully saturated rings. The summed E-state index contributed by atoms with van der Waals surface area (Å²) in [6.07, 6.45) is 4.65. The summed E-state index contributed by atoms with van der Waals surface area (Å²) in [6, 6.07) is 13.3. The number of furan rings is 1. The Morgan fingerprint density at radius 2 is 1.78 bits per heavy atom. The molecule has 0 bridgehead atoms. The predicted molar refractivity (Wildman–Crippen MR) is 156 cm³/mol. The maximum Gasteiger partial charge on any atom is 0.414 e. The maximum absolute atomic E-state index is 12.7. The summed E-state index contributed by atoms with van der Waals surface area (Å²) in [6.45, 7) is 6.25. The van der Waals surface area contributed by atoms with E-state index in [-0.39, 0.29) is 12.1 Å². The normalized spacial score (nSPS) is 17.7. The van der Waals surface area contributed by atoms with Crippen molar-refractivity contribution in [2.24, 2.45) is 0 Å². The average molecular weight is 563 g/mol. The van der Waals surface area contributed by atoms with Gasteiger partial charge in [0, 0.05) is 73.8 Å². The molecular weight excluding hydrogens is 524 g/mol. The molecule has 10 heteroatoms. The number of hydrogen-bond acceptors (Lipinski definition) is 8. The lowest BCUT2D eigenvalue weighted by molar-refractivity contribution is 0.0739. The molecule has 2 aromatic carbocycles. The second-order valence-electron chi connectivity index (χ2n) is 11.0. The van der Waals surface area contributed by atoms with Crippen molar-refractivity contribution in [2.45, 2.75) is 44.4 Å². The molecule has 0 saturated carbocycles. The van der Waals surface area contributed by atoms with Crippen LogP contribution in [0.5, 0.6) is 17.4 Å². The number of aromatic amines is 1. The summed E-state index contributed by atoms with van der Waals surface area (Å²) in [7, 11) is 1.63. The molecule has 0 spiro atoms. The number of H-pyrrole nitrogens is 1. The van der Waals surface area contributed by atoms with Crippen molar-refractivity contribution in [1.82, 2.24) is 20.1 Å². The van der Waals surface area contributed by atoms with Crippen LogP contribution in [0.25, 0.3) is 21.9 Å². The lowest BCUT2D eigenvalue weighted by atomic mass is 10.1. The largest absolute Gasteiger partial charge is 0.497 e. The number of aliphatic hydroxyl groups excluding tert-OH is 1. The molecule has 4 heterocycles. The summed E-state index contributed by atoms with van der Waals surface area (Å²) in [5.74, 6) is 1.80. The van der Waals surface area contributed by atoms with Gasteiger partial charge in [-0.05, 0) is 49.9 Å². The Bertz CT molecular complexity index is 1470. The molecule has 6 rings (SSSR count). The van der Waals surface area contributed by atoms with E-state index in [1.165, 1.54) is 0 Å². The number of aliphatic hydroxyl groups is 1. The quantitative estimate of drug-likeness (QED) is 0.273. The Labute approximate surface area is 239 Å². The Kier molecular flexibility index (Phi) is 8.31. The third-order valence-corrected chi connectivity index (χ3v) is 8.25. The fourth-order valence-electron chi connectivity index (χ4n) is 5.76. The van der Waals surface area contributed by atoms with E-state index in [0.717, 1.165) is 98.1 Å². The number of carbonyl (C=O) groups is 1. The van der Waals surface area contributed by atoms with E-state index in [0.29, 0.717) is 18.2 Å². The van der Waals surface area contributed by atoms with Crippen molar-refractivity contribution in [3.8, 4) is 17.4 Å². The third-order valence-electron chi connectivity index (χ3n) is 8.25. The van der Waals surface area contributed by atoms with Gasteiger partial charge in [0.25, 0.3) is 0 Å². The first kappa shape index (κ1) is 27.4. The van der Waals surface area contributed by atoms with Crippen molar-refractivity contribution in [1.29, 1.82) is 0 Å². The highest BCUT2D eigenvalue weighted by molar-refractivity contribution is 5.88. The molecule has 0 aliphatic carbocycles. The molecule has 41 heavy (non-hydrogen) atoms. The Morgan fingerprint density at radius 1 is 1.02 bits per heavy atom. The highest BCUT2D eigenvalue weighted by Gasteiger charge is 2.23. The van der Waals surface area contributed by atoms with Crippen LogP contribution >= 0.6 is 0 Å². The van der Waals surface area contributed by atoms with Gasteiger partial charge in [-0.1, -0.05) is 6.07 Å². The molecular formula is C31H38N4O6. The standard InChI is InChI=1S/C31H38N4O6/c1-38-24-5-6-25-21(20-40-29(25)17-24)19-39-28-4-2-3-27-26(28)18-30(33-27)41-31(37)32-22-7-11-34(12-8-22)15-16-35-13-9-23(36)10-14-35/h2-6,17-18,20,22-23,33,36H,7-16,19H2,1H3,(H,32,37). The van der Waals surface area contributed by atoms with Gasteiger partial charge in [-0.3, -0.25) is 0 Å². The molecule has 3 N–H and O–H groups in total. The monoisotopic (exact) mass is 562 g/mol. The minimum atomic E-state index is -0.454. The second-order valence-corrected chi connectivity index (χ2v) is 11.0. The van der Waals surface area contributed by atoms with Crippen LogP contribution in [-0.2, 0) is 6.61 Å². The number of ether oxygens (including phenoxy) is 3. The van der Waals surface area contributed by atoms with Crippen LogP contribution in [-0.4, -0.2) is 84.5 Å². The van der Waals surface area contributed by atoms with Crippen molar-refractivity contribution in [2.75, 3.05) is 46.4 Å². The highest BCUT2D eigenvalue weighted by Crippen LogP contribution is 2.31. The topological polar surface area (TPSA) is 112 Å². The molecule has 2 aliphatic heterocycles. The van der Waals surface area contributed by atoms with Crippen LogP contribution in [0.3, 0.4) is 0 Å². The summed E-state index contributed by atoms with van der Waals surface area (Å²) in [5, 5.41) is 14.5. The van der Waals surface area contributed by atoms with Gasteiger partial charge in [0.2, 0.25) is 5.88 Å². The van der Waals surface area contributed by atoms with Gasteiger partial charge in [0.1, 0.15) is 23.7 Å². The Balaban J connectivity index is 0.990. The number of benzene rings is 2. The number of amides is 1. The van der Waals surface area contributed by atoms with E-state index in [1.54, 1.807) is 19.4 Å². The van der Waals surface area contributed by atoms with E-state index < -0.39 is 6.09 Å². The van der Waals surface area contributed by atoms with Gasteiger partial charge >= 0.3 is 6.09 Å². The first-order chi connectivity index (χ1) is 20.0. The molecule has 2 saturated heterocycles. The average Bonchev–Trinajstić information content (AvgIpc) is 3.59. The van der Waals surface area contributed by atoms with E-state index in [9.17, 15) is 9.90 Å². The van der Waals surface area contributed by atoms with Crippen molar-refractivity contribution >= 4 is 28.0 Å². The number of carbonyl (C=O) groups excluding carboxylic acids is 1. The number of fused-ring (bicyclic) bond motifs is 2. The fraction of sp³-hybridized carbons (Fsp3) is 0.452. The second kappa shape index (κ2) is 12.4. The van der Waals surface area contributed by atoms with E-state index >= 15 is 0 Å². The molecule has 4 aromatic rings. The Hall–Kier alpha value is -3.73. The van der Waals surface area contributed by atoms with Crippen molar-refractivity contribution in [3.05, 3.63) is 54.3 Å². The summed E-state index contributed by atoms with van der Waals surface area (Å²) in [5.41, 5.74) is 2.50. The van der Waals surface area contributed by atoms with Gasteiger partial charge in [-0.2, -0.15) is 0 Å². The van der Waals surface area contributed by atoms with Crippen molar-refractivity contribution < 1.29 is 28.5 Å². The molecule has 10 nitrogen and oxygen atoms in total. The first-order valence-electron chi connectivity index (χ1n) is 14.4. The minimum absolute atomic E-state index is 0.0944.